The zero-order valence-corrected chi connectivity index (χ0v) is 16.9. The van der Waals surface area contributed by atoms with Gasteiger partial charge in [-0.2, -0.15) is 0 Å². The van der Waals surface area contributed by atoms with Gasteiger partial charge in [-0.3, -0.25) is 9.69 Å². The zero-order chi connectivity index (χ0) is 19.6. The Morgan fingerprint density at radius 1 is 1.04 bits per heavy atom. The Morgan fingerprint density at radius 2 is 1.67 bits per heavy atom. The minimum atomic E-state index is -0.995. The molecule has 0 bridgehead atoms. The molecule has 0 aromatic heterocycles. The van der Waals surface area contributed by atoms with Crippen molar-refractivity contribution in [3.8, 4) is 5.75 Å². The number of nitrogens with zero attached hydrogens (tertiary/aromatic N) is 1. The van der Waals surface area contributed by atoms with Crippen molar-refractivity contribution in [3.05, 3.63) is 71.9 Å². The van der Waals surface area contributed by atoms with Crippen LogP contribution in [0.15, 0.2) is 60.8 Å². The summed E-state index contributed by atoms with van der Waals surface area (Å²) in [4.78, 5) is 26.9. The molecular weight excluding hydrogens is 410 g/mol. The molecule has 2 aromatic rings. The Labute approximate surface area is 166 Å². The number of hydrogen-bond acceptors (Lipinski definition) is 4. The highest BCUT2D eigenvalue weighted by Crippen LogP contribution is 2.47. The Kier molecular flexibility index (Phi) is 5.37. The third kappa shape index (κ3) is 3.62. The maximum atomic E-state index is 13.0. The van der Waals surface area contributed by atoms with Crippen molar-refractivity contribution >= 4 is 32.5 Å². The molecule has 2 aromatic carbocycles. The molecule has 1 atom stereocenters. The molecule has 3 rings (SSSR count). The lowest BCUT2D eigenvalue weighted by Crippen LogP contribution is -2.46. The van der Waals surface area contributed by atoms with E-state index in [9.17, 15) is 9.59 Å². The Bertz CT molecular complexity index is 892. The number of rotatable bonds is 3. The summed E-state index contributed by atoms with van der Waals surface area (Å²) in [5.41, 5.74) is 0.764. The zero-order valence-electron chi connectivity index (χ0n) is 15.3. The summed E-state index contributed by atoms with van der Waals surface area (Å²) >= 11 is 3.53. The van der Waals surface area contributed by atoms with Gasteiger partial charge in [0.15, 0.2) is 0 Å². The van der Waals surface area contributed by atoms with Gasteiger partial charge in [-0.15, -0.1) is 0 Å². The number of para-hydroxylation sites is 1. The second-order valence-corrected chi connectivity index (χ2v) is 7.62. The van der Waals surface area contributed by atoms with Crippen molar-refractivity contribution in [2.45, 2.75) is 19.9 Å². The Morgan fingerprint density at radius 3 is 2.33 bits per heavy atom. The normalized spacial score (nSPS) is 16.2. The van der Waals surface area contributed by atoms with Gasteiger partial charge in [-0.25, -0.2) is 4.79 Å². The van der Waals surface area contributed by atoms with Crippen LogP contribution in [0.5, 0.6) is 5.75 Å². The van der Waals surface area contributed by atoms with Gasteiger partial charge in [-0.05, 0) is 53.0 Å². The van der Waals surface area contributed by atoms with E-state index in [-0.39, 0.29) is 0 Å². The van der Waals surface area contributed by atoms with E-state index in [1.807, 2.05) is 30.3 Å². The van der Waals surface area contributed by atoms with Crippen LogP contribution >= 0.6 is 15.9 Å². The molecule has 27 heavy (non-hydrogen) atoms. The summed E-state index contributed by atoms with van der Waals surface area (Å²) in [6.45, 7) is 3.52. The van der Waals surface area contributed by atoms with Gasteiger partial charge < -0.3 is 9.47 Å². The minimum absolute atomic E-state index is 0.411. The molecule has 1 aliphatic heterocycles. The number of amides is 1. The standard InChI is InChI=1S/C21H20BrNO4/c1-21(2,19(24)26-3)18-16-12-8-7-11-15(16)17(22)13-23(18)20(25)27-14-9-5-4-6-10-14/h4-13,18H,1-3H3. The van der Waals surface area contributed by atoms with Crippen LogP contribution in [0.3, 0.4) is 0 Å². The van der Waals surface area contributed by atoms with Gasteiger partial charge in [-0.1, -0.05) is 42.5 Å². The lowest BCUT2D eigenvalue weighted by molar-refractivity contribution is -0.154. The number of esters is 1. The molecule has 140 valence electrons. The second-order valence-electron chi connectivity index (χ2n) is 6.77. The number of benzene rings is 2. The smallest absolute Gasteiger partial charge is 0.419 e. The van der Waals surface area contributed by atoms with E-state index in [1.54, 1.807) is 44.3 Å². The van der Waals surface area contributed by atoms with E-state index in [4.69, 9.17) is 9.47 Å². The van der Waals surface area contributed by atoms with E-state index in [1.165, 1.54) is 12.0 Å². The number of carbonyl (C=O) groups excluding carboxylic acids is 2. The fourth-order valence-electron chi connectivity index (χ4n) is 3.28. The van der Waals surface area contributed by atoms with E-state index in [0.29, 0.717) is 5.75 Å². The molecule has 1 aliphatic rings. The minimum Gasteiger partial charge on any atom is -0.469 e. The van der Waals surface area contributed by atoms with Crippen molar-refractivity contribution in [1.82, 2.24) is 4.90 Å². The largest absolute Gasteiger partial charge is 0.469 e. The third-order valence-corrected chi connectivity index (χ3v) is 5.23. The van der Waals surface area contributed by atoms with Crippen LogP contribution in [0.1, 0.15) is 31.0 Å². The molecule has 5 nitrogen and oxygen atoms in total. The van der Waals surface area contributed by atoms with Crippen LogP contribution < -0.4 is 4.74 Å². The number of fused-ring (bicyclic) bond motifs is 1. The highest BCUT2D eigenvalue weighted by Gasteiger charge is 2.46. The molecular formula is C21H20BrNO4. The molecule has 0 spiro atoms. The number of hydrogen-bond donors (Lipinski definition) is 0. The average molecular weight is 430 g/mol. The summed E-state index contributed by atoms with van der Waals surface area (Å²) in [6.07, 6.45) is 1.08. The number of methoxy groups -OCH3 is 1. The summed E-state index contributed by atoms with van der Waals surface area (Å²) in [7, 11) is 1.34. The molecule has 1 amide bonds. The monoisotopic (exact) mass is 429 g/mol. The number of halogens is 1. The third-order valence-electron chi connectivity index (χ3n) is 4.60. The molecule has 0 fully saturated rings. The van der Waals surface area contributed by atoms with Crippen LogP contribution in [0.4, 0.5) is 4.79 Å². The van der Waals surface area contributed by atoms with Gasteiger partial charge in [0.05, 0.1) is 18.6 Å². The molecule has 6 heteroatoms. The number of carbonyl (C=O) groups is 2. The highest BCUT2D eigenvalue weighted by molar-refractivity contribution is 9.15. The molecule has 0 N–H and O–H groups in total. The fourth-order valence-corrected chi connectivity index (χ4v) is 3.86. The van der Waals surface area contributed by atoms with Crippen molar-refractivity contribution in [2.24, 2.45) is 5.41 Å². The first-order valence-electron chi connectivity index (χ1n) is 8.46. The van der Waals surface area contributed by atoms with Crippen LogP contribution in [-0.2, 0) is 9.53 Å². The summed E-state index contributed by atoms with van der Waals surface area (Å²) < 4.78 is 11.3. The van der Waals surface area contributed by atoms with Crippen molar-refractivity contribution < 1.29 is 19.1 Å². The van der Waals surface area contributed by atoms with Gasteiger partial charge in [0.1, 0.15) is 5.75 Å². The first-order valence-corrected chi connectivity index (χ1v) is 9.25. The van der Waals surface area contributed by atoms with Crippen molar-refractivity contribution in [2.75, 3.05) is 7.11 Å². The average Bonchev–Trinajstić information content (AvgIpc) is 2.67. The van der Waals surface area contributed by atoms with Crippen LogP contribution in [0.25, 0.3) is 4.48 Å². The van der Waals surface area contributed by atoms with E-state index < -0.39 is 23.5 Å². The molecule has 0 saturated heterocycles. The molecule has 1 heterocycles. The Balaban J connectivity index is 2.06. The predicted molar refractivity (Wildman–Crippen MR) is 106 cm³/mol. The summed E-state index contributed by atoms with van der Waals surface area (Å²) in [5, 5.41) is 0. The predicted octanol–water partition coefficient (Wildman–Crippen LogP) is 5.13. The van der Waals surface area contributed by atoms with Crippen molar-refractivity contribution in [1.29, 1.82) is 0 Å². The quantitative estimate of drug-likeness (QED) is 0.634. The first-order chi connectivity index (χ1) is 12.9. The summed E-state index contributed by atoms with van der Waals surface area (Å²) in [6, 6.07) is 15.9. The van der Waals surface area contributed by atoms with E-state index in [2.05, 4.69) is 15.9 Å². The lowest BCUT2D eigenvalue weighted by atomic mass is 9.77. The topological polar surface area (TPSA) is 55.8 Å². The second kappa shape index (κ2) is 7.56. The SMILES string of the molecule is COC(=O)C(C)(C)C1c2ccccc2C(Br)=CN1C(=O)Oc1ccccc1. The van der Waals surface area contributed by atoms with Gasteiger partial charge in [0, 0.05) is 10.7 Å². The van der Waals surface area contributed by atoms with Crippen molar-refractivity contribution in [3.63, 3.8) is 0 Å². The van der Waals surface area contributed by atoms with E-state index >= 15 is 0 Å². The van der Waals surface area contributed by atoms with Crippen LogP contribution in [-0.4, -0.2) is 24.1 Å². The molecule has 1 unspecified atom stereocenters. The van der Waals surface area contributed by atoms with Gasteiger partial charge in [0.25, 0.3) is 0 Å². The summed E-state index contributed by atoms with van der Waals surface area (Å²) in [5.74, 6) is 0.0201. The molecule has 0 radical (unpaired) electrons. The maximum Gasteiger partial charge on any atom is 0.419 e. The lowest BCUT2D eigenvalue weighted by Gasteiger charge is -2.41. The fraction of sp³-hybridized carbons (Fsp3) is 0.238. The van der Waals surface area contributed by atoms with Crippen LogP contribution in [0.2, 0.25) is 0 Å². The highest BCUT2D eigenvalue weighted by atomic mass is 79.9. The maximum absolute atomic E-state index is 13.0. The molecule has 0 saturated carbocycles. The van der Waals surface area contributed by atoms with Crippen LogP contribution in [0, 0.1) is 5.41 Å². The van der Waals surface area contributed by atoms with Gasteiger partial charge >= 0.3 is 12.1 Å². The van der Waals surface area contributed by atoms with E-state index in [0.717, 1.165) is 15.6 Å². The van der Waals surface area contributed by atoms with Gasteiger partial charge in [0.2, 0.25) is 0 Å². The Hall–Kier alpha value is -2.60. The number of ether oxygens (including phenoxy) is 2. The molecule has 0 aliphatic carbocycles. The first kappa shape index (κ1) is 19.2.